The van der Waals surface area contributed by atoms with Gasteiger partial charge in [0.2, 0.25) is 5.91 Å². The molecule has 6 rings (SSSR count). The number of nitrogens with one attached hydrogen (secondary N) is 1. The lowest BCUT2D eigenvalue weighted by atomic mass is 9.85. The summed E-state index contributed by atoms with van der Waals surface area (Å²) in [6, 6.07) is 2.92. The molecule has 0 spiro atoms. The van der Waals surface area contributed by atoms with Crippen LogP contribution in [-0.2, 0) is 4.79 Å². The minimum absolute atomic E-state index is 0.0280. The third-order valence-corrected chi connectivity index (χ3v) is 7.50. The maximum Gasteiger partial charge on any atom is 0.248 e. The summed E-state index contributed by atoms with van der Waals surface area (Å²) in [5.41, 5.74) is 9.23. The van der Waals surface area contributed by atoms with Crippen LogP contribution in [0.25, 0.3) is 28.2 Å². The summed E-state index contributed by atoms with van der Waals surface area (Å²) in [6.07, 6.45) is 7.55. The Hall–Kier alpha value is -4.19. The molecule has 0 saturated carbocycles. The first kappa shape index (κ1) is 23.2. The second kappa shape index (κ2) is 8.73. The minimum Gasteiger partial charge on any atom is -0.387 e. The molecule has 190 valence electrons. The number of fused-ring (bicyclic) bond motifs is 3. The molecule has 0 aromatic carbocycles. The molecule has 4 N–H and O–H groups in total. The zero-order chi connectivity index (χ0) is 25.8. The predicted octanol–water partition coefficient (Wildman–Crippen LogP) is 2.33. The van der Waals surface area contributed by atoms with Gasteiger partial charge in [-0.25, -0.2) is 9.37 Å². The lowest BCUT2D eigenvalue weighted by Crippen LogP contribution is -2.47. The number of carbonyl (C=O) groups excluding carboxylic acids is 2. The number of amides is 1. The Morgan fingerprint density at radius 3 is 2.62 bits per heavy atom. The molecular formula is C25H25FN8O3. The Bertz CT molecular complexity index is 1520. The molecule has 2 aliphatic rings. The van der Waals surface area contributed by atoms with Gasteiger partial charge in [0.1, 0.15) is 23.8 Å². The molecule has 0 aliphatic carbocycles. The molecule has 2 saturated heterocycles. The van der Waals surface area contributed by atoms with E-state index in [1.54, 1.807) is 17.2 Å². The Morgan fingerprint density at radius 1 is 1.24 bits per heavy atom. The van der Waals surface area contributed by atoms with Gasteiger partial charge in [0.05, 0.1) is 17.5 Å². The number of hydrogen-bond donors (Lipinski definition) is 3. The van der Waals surface area contributed by atoms with Crippen LogP contribution in [0, 0.1) is 5.82 Å². The van der Waals surface area contributed by atoms with Crippen molar-refractivity contribution < 1.29 is 19.1 Å². The average Bonchev–Trinajstić information content (AvgIpc) is 3.61. The summed E-state index contributed by atoms with van der Waals surface area (Å²) in [5.74, 6) is -0.981. The van der Waals surface area contributed by atoms with Crippen molar-refractivity contribution in [3.63, 3.8) is 0 Å². The molecule has 0 radical (unpaired) electrons. The van der Waals surface area contributed by atoms with E-state index in [2.05, 4.69) is 20.3 Å². The topological polar surface area (TPSA) is 155 Å². The lowest BCUT2D eigenvalue weighted by Gasteiger charge is -2.39. The zero-order valence-corrected chi connectivity index (χ0v) is 20.1. The third-order valence-electron chi connectivity index (χ3n) is 7.50. The van der Waals surface area contributed by atoms with Crippen LogP contribution in [0.4, 0.5) is 10.2 Å². The summed E-state index contributed by atoms with van der Waals surface area (Å²) < 4.78 is 16.4. The number of pyridine rings is 1. The number of nitrogens with zero attached hydrogens (tertiary/aromatic N) is 6. The van der Waals surface area contributed by atoms with Gasteiger partial charge < -0.3 is 15.7 Å². The maximum absolute atomic E-state index is 15.0. The molecule has 2 aliphatic heterocycles. The lowest BCUT2D eigenvalue weighted by molar-refractivity contribution is -0.138. The number of H-pyrrole nitrogens is 1. The van der Waals surface area contributed by atoms with Crippen LogP contribution in [-0.4, -0.2) is 70.2 Å². The fraction of sp³-hybridized carbons (Fsp3) is 0.360. The van der Waals surface area contributed by atoms with Crippen LogP contribution in [0.1, 0.15) is 54.6 Å². The molecule has 37 heavy (non-hydrogen) atoms. The third kappa shape index (κ3) is 3.67. The quantitative estimate of drug-likeness (QED) is 0.350. The summed E-state index contributed by atoms with van der Waals surface area (Å²) in [7, 11) is 0. The number of aromatic amines is 1. The standard InChI is InChI=1S/C25H25FN8O3/c1-12(36)21-22(13-6-15-2-3-16(7-13)33(15)20(37)11-35)31-25-17(10-30-34(25)24(21)27)14-8-18(26)23(28-9-14)19-4-5-29-32-19/h4-5,8-10,13,15-16,35H,2-3,6-7,11,27H2,1H3,(H,29,32)/t13-,15-,16+. The van der Waals surface area contributed by atoms with Crippen molar-refractivity contribution in [2.75, 3.05) is 12.3 Å². The highest BCUT2D eigenvalue weighted by molar-refractivity contribution is 6.00. The molecule has 3 atom stereocenters. The van der Waals surface area contributed by atoms with Gasteiger partial charge in [-0.3, -0.25) is 19.7 Å². The van der Waals surface area contributed by atoms with E-state index >= 15 is 0 Å². The van der Waals surface area contributed by atoms with E-state index in [1.165, 1.54) is 29.9 Å². The van der Waals surface area contributed by atoms with Crippen molar-refractivity contribution in [2.45, 2.75) is 50.6 Å². The number of hydrogen-bond acceptors (Lipinski definition) is 8. The molecule has 2 bridgehead atoms. The van der Waals surface area contributed by atoms with Crippen LogP contribution in [0.5, 0.6) is 0 Å². The number of rotatable bonds is 5. The minimum atomic E-state index is -0.546. The van der Waals surface area contributed by atoms with Crippen LogP contribution in [0.2, 0.25) is 0 Å². The number of nitrogens with two attached hydrogens (primary N) is 1. The molecule has 0 unspecified atom stereocenters. The van der Waals surface area contributed by atoms with Crippen LogP contribution in [0.15, 0.2) is 30.7 Å². The van der Waals surface area contributed by atoms with Gasteiger partial charge in [-0.15, -0.1) is 0 Å². The molecular weight excluding hydrogens is 479 g/mol. The summed E-state index contributed by atoms with van der Waals surface area (Å²) in [6.45, 7) is 0.926. The zero-order valence-electron chi connectivity index (χ0n) is 20.1. The van der Waals surface area contributed by atoms with E-state index in [9.17, 15) is 19.1 Å². The average molecular weight is 505 g/mol. The number of aliphatic hydroxyl groups is 1. The Kier molecular flexibility index (Phi) is 5.48. The van der Waals surface area contributed by atoms with E-state index in [-0.39, 0.29) is 41.2 Å². The number of halogens is 1. The number of nitrogen functional groups attached to an aromatic ring is 1. The molecule has 4 aromatic rings. The Balaban J connectivity index is 1.44. The Labute approximate surface area is 210 Å². The first-order valence-electron chi connectivity index (χ1n) is 12.1. The van der Waals surface area contributed by atoms with E-state index in [0.29, 0.717) is 46.6 Å². The highest BCUT2D eigenvalue weighted by atomic mass is 19.1. The fourth-order valence-corrected chi connectivity index (χ4v) is 5.95. The number of aliphatic hydroxyl groups excluding tert-OH is 1. The second-order valence-corrected chi connectivity index (χ2v) is 9.63. The van der Waals surface area contributed by atoms with Crippen molar-refractivity contribution in [3.8, 4) is 22.5 Å². The van der Waals surface area contributed by atoms with E-state index in [4.69, 9.17) is 10.7 Å². The van der Waals surface area contributed by atoms with E-state index in [0.717, 1.165) is 12.8 Å². The van der Waals surface area contributed by atoms with Gasteiger partial charge in [-0.2, -0.15) is 14.7 Å². The molecule has 6 heterocycles. The summed E-state index contributed by atoms with van der Waals surface area (Å²) in [4.78, 5) is 35.9. The normalized spacial score (nSPS) is 21.1. The van der Waals surface area contributed by atoms with Gasteiger partial charge in [-0.05, 0) is 44.7 Å². The van der Waals surface area contributed by atoms with Crippen molar-refractivity contribution in [1.29, 1.82) is 0 Å². The van der Waals surface area contributed by atoms with Crippen molar-refractivity contribution in [1.82, 2.24) is 34.7 Å². The highest BCUT2D eigenvalue weighted by Crippen LogP contribution is 2.44. The van der Waals surface area contributed by atoms with Gasteiger partial charge in [-0.1, -0.05) is 0 Å². The van der Waals surface area contributed by atoms with Gasteiger partial charge in [0, 0.05) is 41.5 Å². The number of aromatic nitrogens is 6. The fourth-order valence-electron chi connectivity index (χ4n) is 5.95. The number of Topliss-reactive ketones (excluding diaryl/α,β-unsaturated/α-hetero) is 1. The van der Waals surface area contributed by atoms with E-state index in [1.807, 2.05) is 0 Å². The highest BCUT2D eigenvalue weighted by Gasteiger charge is 2.44. The smallest absolute Gasteiger partial charge is 0.248 e. The molecule has 2 fully saturated rings. The van der Waals surface area contributed by atoms with E-state index < -0.39 is 12.4 Å². The first-order valence-corrected chi connectivity index (χ1v) is 12.1. The number of ketones is 1. The van der Waals surface area contributed by atoms with Gasteiger partial charge >= 0.3 is 0 Å². The summed E-state index contributed by atoms with van der Waals surface area (Å²) >= 11 is 0. The maximum atomic E-state index is 15.0. The molecule has 12 heteroatoms. The number of anilines is 1. The first-order chi connectivity index (χ1) is 17.9. The van der Waals surface area contributed by atoms with Crippen molar-refractivity contribution in [3.05, 3.63) is 47.8 Å². The number of carbonyl (C=O) groups is 2. The van der Waals surface area contributed by atoms with Crippen molar-refractivity contribution in [2.24, 2.45) is 0 Å². The van der Waals surface area contributed by atoms with Gasteiger partial charge in [0.15, 0.2) is 17.2 Å². The van der Waals surface area contributed by atoms with Gasteiger partial charge in [0.25, 0.3) is 0 Å². The predicted molar refractivity (Wildman–Crippen MR) is 131 cm³/mol. The van der Waals surface area contributed by atoms with Crippen molar-refractivity contribution >= 4 is 23.2 Å². The summed E-state index contributed by atoms with van der Waals surface area (Å²) in [5, 5.41) is 20.4. The number of piperidine rings is 1. The molecule has 11 nitrogen and oxygen atoms in total. The van der Waals surface area contributed by atoms with Crippen LogP contribution < -0.4 is 5.73 Å². The monoisotopic (exact) mass is 504 g/mol. The largest absolute Gasteiger partial charge is 0.387 e. The van der Waals surface area contributed by atoms with Crippen LogP contribution >= 0.6 is 0 Å². The van der Waals surface area contributed by atoms with Crippen LogP contribution in [0.3, 0.4) is 0 Å². The molecule has 4 aromatic heterocycles. The SMILES string of the molecule is CC(=O)c1c([C@@H]2C[C@H]3CC[C@@H](C2)N3C(=O)CO)nc2c(-c3cnc(-c4cc[nH]n4)c(F)c3)cnn2c1N. The Morgan fingerprint density at radius 2 is 2.00 bits per heavy atom. The second-order valence-electron chi connectivity index (χ2n) is 9.63. The molecule has 1 amide bonds.